The van der Waals surface area contributed by atoms with Gasteiger partial charge in [-0.05, 0) is 48.4 Å². The van der Waals surface area contributed by atoms with E-state index in [1.54, 1.807) is 12.1 Å². The van der Waals surface area contributed by atoms with Crippen molar-refractivity contribution in [2.45, 2.75) is 18.4 Å². The lowest BCUT2D eigenvalue weighted by molar-refractivity contribution is -0.137. The van der Waals surface area contributed by atoms with E-state index in [1.807, 2.05) is 17.5 Å². The third-order valence-corrected chi connectivity index (χ3v) is 5.61. The summed E-state index contributed by atoms with van der Waals surface area (Å²) in [5, 5.41) is 18.3. The molecule has 0 saturated heterocycles. The lowest BCUT2D eigenvalue weighted by Gasteiger charge is -2.27. The normalized spacial score (nSPS) is 15.8. The van der Waals surface area contributed by atoms with Gasteiger partial charge in [-0.2, -0.15) is 0 Å². The van der Waals surface area contributed by atoms with Gasteiger partial charge in [0.2, 0.25) is 0 Å². The van der Waals surface area contributed by atoms with Crippen molar-refractivity contribution in [3.05, 3.63) is 45.6 Å². The fourth-order valence-electron chi connectivity index (χ4n) is 2.77. The smallest absolute Gasteiger partial charge is 0.313 e. The van der Waals surface area contributed by atoms with Gasteiger partial charge in [0.15, 0.2) is 0 Å². The summed E-state index contributed by atoms with van der Waals surface area (Å²) in [5.41, 5.74) is -0.839. The van der Waals surface area contributed by atoms with Crippen molar-refractivity contribution >= 4 is 40.4 Å². The van der Waals surface area contributed by atoms with E-state index in [0.717, 1.165) is 17.7 Å². The Labute approximate surface area is 160 Å². The SMILES string of the molecule is COc1ccc(Cl)cc1NC(=O)C(=O)NC[C@](O)(c1cccs1)C1CC1. The molecule has 0 aliphatic heterocycles. The summed E-state index contributed by atoms with van der Waals surface area (Å²) in [5.74, 6) is -1.20. The van der Waals surface area contributed by atoms with Crippen LogP contribution >= 0.6 is 22.9 Å². The van der Waals surface area contributed by atoms with Crippen LogP contribution < -0.4 is 15.4 Å². The number of amides is 2. The van der Waals surface area contributed by atoms with Crippen LogP contribution in [-0.2, 0) is 15.2 Å². The molecule has 1 aliphatic carbocycles. The maximum Gasteiger partial charge on any atom is 0.313 e. The zero-order valence-electron chi connectivity index (χ0n) is 14.1. The minimum atomic E-state index is -1.14. The number of hydrogen-bond donors (Lipinski definition) is 3. The van der Waals surface area contributed by atoms with Crippen molar-refractivity contribution in [2.24, 2.45) is 5.92 Å². The summed E-state index contributed by atoms with van der Waals surface area (Å²) in [6, 6.07) is 8.41. The van der Waals surface area contributed by atoms with E-state index in [1.165, 1.54) is 24.5 Å². The Morgan fingerprint density at radius 3 is 2.73 bits per heavy atom. The van der Waals surface area contributed by atoms with Crippen LogP contribution in [0.4, 0.5) is 5.69 Å². The van der Waals surface area contributed by atoms with Crippen LogP contribution in [0.3, 0.4) is 0 Å². The third-order valence-electron chi connectivity index (χ3n) is 4.33. The predicted octanol–water partition coefficient (Wildman–Crippen LogP) is 2.76. The highest BCUT2D eigenvalue weighted by atomic mass is 35.5. The molecular weight excluding hydrogens is 376 g/mol. The van der Waals surface area contributed by atoms with E-state index in [0.29, 0.717) is 16.5 Å². The molecule has 1 aromatic heterocycles. The van der Waals surface area contributed by atoms with Crippen molar-refractivity contribution in [2.75, 3.05) is 19.0 Å². The number of nitrogens with one attached hydrogen (secondary N) is 2. The molecule has 8 heteroatoms. The molecule has 2 aromatic rings. The summed E-state index contributed by atoms with van der Waals surface area (Å²) in [4.78, 5) is 25.2. The molecule has 1 heterocycles. The zero-order chi connectivity index (χ0) is 18.7. The molecule has 0 spiro atoms. The molecule has 1 atom stereocenters. The molecule has 0 unspecified atom stereocenters. The number of hydrogen-bond acceptors (Lipinski definition) is 5. The lowest BCUT2D eigenvalue weighted by atomic mass is 9.95. The Bertz CT molecular complexity index is 808. The number of methoxy groups -OCH3 is 1. The van der Waals surface area contributed by atoms with Gasteiger partial charge in [-0.3, -0.25) is 9.59 Å². The van der Waals surface area contributed by atoms with Crippen LogP contribution in [0.15, 0.2) is 35.7 Å². The highest BCUT2D eigenvalue weighted by Crippen LogP contribution is 2.46. The minimum absolute atomic E-state index is 0.0168. The van der Waals surface area contributed by atoms with E-state index < -0.39 is 17.4 Å². The number of rotatable bonds is 6. The summed E-state index contributed by atoms with van der Waals surface area (Å²) >= 11 is 7.35. The number of carbonyl (C=O) groups excluding carboxylic acids is 2. The molecule has 2 amide bonds. The summed E-state index contributed by atoms with van der Waals surface area (Å²) in [7, 11) is 1.45. The van der Waals surface area contributed by atoms with Crippen LogP contribution in [0, 0.1) is 5.92 Å². The standard InChI is InChI=1S/C18H19ClN2O4S/c1-25-14-7-6-12(19)9-13(14)21-17(23)16(22)20-10-18(24,11-4-5-11)15-3-2-8-26-15/h2-3,6-9,11,24H,4-5,10H2,1H3,(H,20,22)(H,21,23)/t18-/m1/s1. The monoisotopic (exact) mass is 394 g/mol. The molecule has 138 valence electrons. The zero-order valence-corrected chi connectivity index (χ0v) is 15.7. The number of aliphatic hydroxyl groups is 1. The van der Waals surface area contributed by atoms with E-state index in [-0.39, 0.29) is 12.5 Å². The van der Waals surface area contributed by atoms with E-state index >= 15 is 0 Å². The Morgan fingerprint density at radius 1 is 1.35 bits per heavy atom. The van der Waals surface area contributed by atoms with Crippen LogP contribution in [-0.4, -0.2) is 30.6 Å². The van der Waals surface area contributed by atoms with Gasteiger partial charge in [-0.15, -0.1) is 11.3 Å². The van der Waals surface area contributed by atoms with E-state index in [2.05, 4.69) is 10.6 Å². The molecule has 1 aromatic carbocycles. The van der Waals surface area contributed by atoms with Crippen LogP contribution in [0.1, 0.15) is 17.7 Å². The summed E-state index contributed by atoms with van der Waals surface area (Å²) in [6.07, 6.45) is 1.80. The average molecular weight is 395 g/mol. The second-order valence-corrected chi connectivity index (χ2v) is 7.54. The maximum atomic E-state index is 12.2. The second kappa shape index (κ2) is 7.65. The number of halogens is 1. The molecule has 1 aliphatic rings. The van der Waals surface area contributed by atoms with Crippen LogP contribution in [0.5, 0.6) is 5.75 Å². The third kappa shape index (κ3) is 4.00. The number of carbonyl (C=O) groups is 2. The van der Waals surface area contributed by atoms with Crippen molar-refractivity contribution in [3.8, 4) is 5.75 Å². The topological polar surface area (TPSA) is 87.7 Å². The number of anilines is 1. The Hall–Kier alpha value is -2.09. The molecule has 3 rings (SSSR count). The summed E-state index contributed by atoms with van der Waals surface area (Å²) in [6.45, 7) is -0.0168. The Kier molecular flexibility index (Phi) is 5.50. The average Bonchev–Trinajstić information content (AvgIpc) is 3.34. The van der Waals surface area contributed by atoms with Crippen molar-refractivity contribution in [3.63, 3.8) is 0 Å². The van der Waals surface area contributed by atoms with Crippen molar-refractivity contribution < 1.29 is 19.4 Å². The Morgan fingerprint density at radius 2 is 2.12 bits per heavy atom. The van der Waals surface area contributed by atoms with Crippen molar-refractivity contribution in [1.82, 2.24) is 5.32 Å². The first-order valence-electron chi connectivity index (χ1n) is 8.13. The molecule has 1 fully saturated rings. The lowest BCUT2D eigenvalue weighted by Crippen LogP contribution is -2.45. The molecule has 6 nitrogen and oxygen atoms in total. The van der Waals surface area contributed by atoms with Crippen molar-refractivity contribution in [1.29, 1.82) is 0 Å². The molecular formula is C18H19ClN2O4S. The molecule has 0 bridgehead atoms. The van der Waals surface area contributed by atoms with Gasteiger partial charge in [-0.1, -0.05) is 17.7 Å². The number of benzene rings is 1. The molecule has 26 heavy (non-hydrogen) atoms. The van der Waals surface area contributed by atoms with E-state index in [4.69, 9.17) is 16.3 Å². The van der Waals surface area contributed by atoms with Gasteiger partial charge in [0.05, 0.1) is 19.3 Å². The van der Waals surface area contributed by atoms with Gasteiger partial charge in [0.1, 0.15) is 11.4 Å². The molecule has 0 radical (unpaired) electrons. The fraction of sp³-hybridized carbons (Fsp3) is 0.333. The first-order chi connectivity index (χ1) is 12.4. The number of thiophene rings is 1. The van der Waals surface area contributed by atoms with Crippen LogP contribution in [0.25, 0.3) is 0 Å². The highest BCUT2D eigenvalue weighted by molar-refractivity contribution is 7.10. The number of ether oxygens (including phenoxy) is 1. The molecule has 1 saturated carbocycles. The van der Waals surface area contributed by atoms with Gasteiger partial charge in [-0.25, -0.2) is 0 Å². The van der Waals surface area contributed by atoms with Gasteiger partial charge >= 0.3 is 11.8 Å². The predicted molar refractivity (Wildman–Crippen MR) is 101 cm³/mol. The Balaban J connectivity index is 1.64. The van der Waals surface area contributed by atoms with Gasteiger partial charge in [0, 0.05) is 9.90 Å². The maximum absolute atomic E-state index is 12.2. The minimum Gasteiger partial charge on any atom is -0.495 e. The fourth-order valence-corrected chi connectivity index (χ4v) is 3.85. The largest absolute Gasteiger partial charge is 0.495 e. The molecule has 3 N–H and O–H groups in total. The summed E-state index contributed by atoms with van der Waals surface area (Å²) < 4.78 is 5.14. The first-order valence-corrected chi connectivity index (χ1v) is 9.39. The van der Waals surface area contributed by atoms with E-state index in [9.17, 15) is 14.7 Å². The second-order valence-electron chi connectivity index (χ2n) is 6.16. The van der Waals surface area contributed by atoms with Gasteiger partial charge in [0.25, 0.3) is 0 Å². The van der Waals surface area contributed by atoms with Gasteiger partial charge < -0.3 is 20.5 Å². The quantitative estimate of drug-likeness (QED) is 0.657. The highest BCUT2D eigenvalue weighted by Gasteiger charge is 2.46. The van der Waals surface area contributed by atoms with Crippen LogP contribution in [0.2, 0.25) is 5.02 Å². The first kappa shape index (κ1) is 18.7.